The molecule has 7 heteroatoms. The van der Waals surface area contributed by atoms with Gasteiger partial charge in [-0.05, 0) is 32.3 Å². The van der Waals surface area contributed by atoms with Gasteiger partial charge in [0.1, 0.15) is 0 Å². The molecular formula is C20H36IN5O. The standard InChI is InChI=1S/C20H35N5O.HI/c1-6-7-11-26-19-17(9-8-10-22-19)12-23-20(21-5)24-18-14-25(15(2)3)13-16(18)4;/h8-10,15-16,18H,6-7,11-14H2,1-5H3,(H2,21,23,24);1H. The SMILES string of the molecule is CCCCOc1ncccc1CNC(=NC)NC1CN(C(C)C)CC1C.I. The Labute approximate surface area is 181 Å². The monoisotopic (exact) mass is 489 g/mol. The van der Waals surface area contributed by atoms with Crippen molar-refractivity contribution >= 4 is 29.9 Å². The van der Waals surface area contributed by atoms with E-state index in [1.54, 1.807) is 6.20 Å². The van der Waals surface area contributed by atoms with Crippen LogP contribution in [0, 0.1) is 5.92 Å². The Morgan fingerprint density at radius 2 is 2.19 bits per heavy atom. The van der Waals surface area contributed by atoms with E-state index >= 15 is 0 Å². The molecule has 0 aliphatic carbocycles. The van der Waals surface area contributed by atoms with Crippen molar-refractivity contribution in [3.05, 3.63) is 23.9 Å². The van der Waals surface area contributed by atoms with Crippen LogP contribution < -0.4 is 15.4 Å². The highest BCUT2D eigenvalue weighted by Crippen LogP contribution is 2.19. The predicted octanol–water partition coefficient (Wildman–Crippen LogP) is 3.27. The quantitative estimate of drug-likeness (QED) is 0.254. The molecule has 2 heterocycles. The van der Waals surface area contributed by atoms with E-state index in [0.717, 1.165) is 37.5 Å². The Kier molecular flexibility index (Phi) is 11.0. The second-order valence-electron chi connectivity index (χ2n) is 7.37. The van der Waals surface area contributed by atoms with Gasteiger partial charge in [0, 0.05) is 50.5 Å². The van der Waals surface area contributed by atoms with Crippen LogP contribution in [-0.2, 0) is 6.54 Å². The minimum Gasteiger partial charge on any atom is -0.477 e. The van der Waals surface area contributed by atoms with E-state index in [9.17, 15) is 0 Å². The number of pyridine rings is 1. The third-order valence-corrected chi connectivity index (χ3v) is 4.95. The maximum Gasteiger partial charge on any atom is 0.218 e. The van der Waals surface area contributed by atoms with Crippen LogP contribution in [0.4, 0.5) is 0 Å². The zero-order valence-corrected chi connectivity index (χ0v) is 19.7. The van der Waals surface area contributed by atoms with Gasteiger partial charge in [0.15, 0.2) is 5.96 Å². The first kappa shape index (κ1) is 23.9. The molecular weight excluding hydrogens is 453 g/mol. The number of aromatic nitrogens is 1. The van der Waals surface area contributed by atoms with Crippen LogP contribution in [0.25, 0.3) is 0 Å². The number of nitrogens with zero attached hydrogens (tertiary/aromatic N) is 3. The van der Waals surface area contributed by atoms with E-state index < -0.39 is 0 Å². The fourth-order valence-corrected chi connectivity index (χ4v) is 3.16. The first-order valence-corrected chi connectivity index (χ1v) is 9.83. The van der Waals surface area contributed by atoms with Crippen LogP contribution >= 0.6 is 24.0 Å². The summed E-state index contributed by atoms with van der Waals surface area (Å²) >= 11 is 0. The van der Waals surface area contributed by atoms with E-state index in [4.69, 9.17) is 4.74 Å². The molecule has 1 saturated heterocycles. The fraction of sp³-hybridized carbons (Fsp3) is 0.700. The lowest BCUT2D eigenvalue weighted by atomic mass is 10.1. The Morgan fingerprint density at radius 3 is 2.81 bits per heavy atom. The Morgan fingerprint density at radius 1 is 1.41 bits per heavy atom. The predicted molar refractivity (Wildman–Crippen MR) is 123 cm³/mol. The number of rotatable bonds is 8. The van der Waals surface area contributed by atoms with Gasteiger partial charge in [-0.25, -0.2) is 4.98 Å². The molecule has 27 heavy (non-hydrogen) atoms. The summed E-state index contributed by atoms with van der Waals surface area (Å²) in [7, 11) is 1.82. The maximum atomic E-state index is 5.82. The molecule has 0 radical (unpaired) electrons. The number of halogens is 1. The van der Waals surface area contributed by atoms with Crippen LogP contribution in [0.1, 0.15) is 46.1 Å². The van der Waals surface area contributed by atoms with Gasteiger partial charge >= 0.3 is 0 Å². The first-order chi connectivity index (χ1) is 12.5. The molecule has 0 saturated carbocycles. The lowest BCUT2D eigenvalue weighted by Gasteiger charge is -2.22. The van der Waals surface area contributed by atoms with E-state index in [-0.39, 0.29) is 24.0 Å². The van der Waals surface area contributed by atoms with Crippen LogP contribution in [0.3, 0.4) is 0 Å². The third kappa shape index (κ3) is 7.44. The fourth-order valence-electron chi connectivity index (χ4n) is 3.16. The van der Waals surface area contributed by atoms with Gasteiger partial charge in [-0.3, -0.25) is 9.89 Å². The highest BCUT2D eigenvalue weighted by molar-refractivity contribution is 14.0. The second kappa shape index (κ2) is 12.4. The molecule has 0 bridgehead atoms. The number of aliphatic imine (C=N–C) groups is 1. The normalized spacial score (nSPS) is 20.4. The largest absolute Gasteiger partial charge is 0.477 e. The number of hydrogen-bond donors (Lipinski definition) is 2. The second-order valence-corrected chi connectivity index (χ2v) is 7.37. The van der Waals surface area contributed by atoms with Crippen LogP contribution in [0.15, 0.2) is 23.3 Å². The highest BCUT2D eigenvalue weighted by atomic mass is 127. The molecule has 1 fully saturated rings. The molecule has 1 aliphatic rings. The molecule has 2 rings (SSSR count). The van der Waals surface area contributed by atoms with Crippen LogP contribution in [-0.4, -0.2) is 54.7 Å². The minimum absolute atomic E-state index is 0. The average molecular weight is 489 g/mol. The molecule has 0 amide bonds. The van der Waals surface area contributed by atoms with Gasteiger partial charge in [-0.1, -0.05) is 26.3 Å². The Bertz CT molecular complexity index is 581. The van der Waals surface area contributed by atoms with Crippen LogP contribution in [0.2, 0.25) is 0 Å². The van der Waals surface area contributed by atoms with Crippen molar-refractivity contribution in [3.63, 3.8) is 0 Å². The molecule has 1 aliphatic heterocycles. The van der Waals surface area contributed by atoms with Crippen molar-refractivity contribution in [3.8, 4) is 5.88 Å². The van der Waals surface area contributed by atoms with Crippen molar-refractivity contribution in [2.45, 2.75) is 59.2 Å². The summed E-state index contributed by atoms with van der Waals surface area (Å²) < 4.78 is 5.82. The summed E-state index contributed by atoms with van der Waals surface area (Å²) in [6.45, 7) is 12.5. The van der Waals surface area contributed by atoms with Gasteiger partial charge in [-0.15, -0.1) is 24.0 Å². The smallest absolute Gasteiger partial charge is 0.218 e. The molecule has 2 atom stereocenters. The van der Waals surface area contributed by atoms with Crippen molar-refractivity contribution in [2.75, 3.05) is 26.7 Å². The molecule has 2 unspecified atom stereocenters. The van der Waals surface area contributed by atoms with E-state index in [1.165, 1.54) is 0 Å². The van der Waals surface area contributed by atoms with E-state index in [0.29, 0.717) is 37.0 Å². The van der Waals surface area contributed by atoms with Crippen molar-refractivity contribution in [1.82, 2.24) is 20.5 Å². The third-order valence-electron chi connectivity index (χ3n) is 4.95. The Balaban J connectivity index is 0.00000364. The summed E-state index contributed by atoms with van der Waals surface area (Å²) in [5, 5.41) is 6.99. The average Bonchev–Trinajstić information content (AvgIpc) is 3.00. The lowest BCUT2D eigenvalue weighted by Crippen LogP contribution is -2.46. The van der Waals surface area contributed by atoms with Gasteiger partial charge in [0.2, 0.25) is 5.88 Å². The van der Waals surface area contributed by atoms with Crippen molar-refractivity contribution in [2.24, 2.45) is 10.9 Å². The summed E-state index contributed by atoms with van der Waals surface area (Å²) in [5.41, 5.74) is 1.05. The number of ether oxygens (including phenoxy) is 1. The Hall–Kier alpha value is -1.09. The maximum absolute atomic E-state index is 5.82. The summed E-state index contributed by atoms with van der Waals surface area (Å²) in [6.07, 6.45) is 3.93. The van der Waals surface area contributed by atoms with Crippen molar-refractivity contribution in [1.29, 1.82) is 0 Å². The number of unbranched alkanes of at least 4 members (excludes halogenated alkanes) is 1. The molecule has 1 aromatic heterocycles. The first-order valence-electron chi connectivity index (χ1n) is 9.83. The molecule has 0 aromatic carbocycles. The minimum atomic E-state index is 0. The number of guanidine groups is 1. The van der Waals surface area contributed by atoms with E-state index in [2.05, 4.69) is 53.2 Å². The number of nitrogens with one attached hydrogen (secondary N) is 2. The zero-order chi connectivity index (χ0) is 18.9. The molecule has 0 spiro atoms. The van der Waals surface area contributed by atoms with Crippen LogP contribution in [0.5, 0.6) is 5.88 Å². The van der Waals surface area contributed by atoms with Gasteiger partial charge in [-0.2, -0.15) is 0 Å². The summed E-state index contributed by atoms with van der Waals surface area (Å²) in [4.78, 5) is 11.3. The number of hydrogen-bond acceptors (Lipinski definition) is 4. The van der Waals surface area contributed by atoms with E-state index in [1.807, 2.05) is 19.2 Å². The summed E-state index contributed by atoms with van der Waals surface area (Å²) in [5.74, 6) is 2.14. The summed E-state index contributed by atoms with van der Waals surface area (Å²) in [6, 6.07) is 4.99. The highest BCUT2D eigenvalue weighted by Gasteiger charge is 2.31. The van der Waals surface area contributed by atoms with Gasteiger partial charge in [0.25, 0.3) is 0 Å². The van der Waals surface area contributed by atoms with Gasteiger partial charge < -0.3 is 15.4 Å². The zero-order valence-electron chi connectivity index (χ0n) is 17.4. The molecule has 1 aromatic rings. The molecule has 154 valence electrons. The van der Waals surface area contributed by atoms with Gasteiger partial charge in [0.05, 0.1) is 6.61 Å². The molecule has 2 N–H and O–H groups in total. The molecule has 6 nitrogen and oxygen atoms in total. The lowest BCUT2D eigenvalue weighted by molar-refractivity contribution is 0.265. The topological polar surface area (TPSA) is 61.8 Å². The number of likely N-dealkylation sites (tertiary alicyclic amines) is 1. The van der Waals surface area contributed by atoms with Crippen molar-refractivity contribution < 1.29 is 4.74 Å².